The first-order chi connectivity index (χ1) is 24.8. The molecule has 0 unspecified atom stereocenters. The number of aromatic nitrogens is 1. The van der Waals surface area contributed by atoms with Crippen molar-refractivity contribution in [3.8, 4) is 16.8 Å². The second-order valence-electron chi connectivity index (χ2n) is 13.0. The van der Waals surface area contributed by atoms with Gasteiger partial charge in [-0.2, -0.15) is 0 Å². The molecule has 0 aliphatic heterocycles. The van der Waals surface area contributed by atoms with Crippen molar-refractivity contribution in [2.24, 2.45) is 0 Å². The molecule has 0 radical (unpaired) electrons. The Bertz CT molecular complexity index is 2850. The Morgan fingerprint density at radius 3 is 1.72 bits per heavy atom. The van der Waals surface area contributed by atoms with Gasteiger partial charge < -0.3 is 9.47 Å². The molecule has 0 spiro atoms. The summed E-state index contributed by atoms with van der Waals surface area (Å²) in [7, 11) is 0. The third-order valence-electron chi connectivity index (χ3n) is 10.1. The van der Waals surface area contributed by atoms with Crippen molar-refractivity contribution in [2.45, 2.75) is 0 Å². The van der Waals surface area contributed by atoms with E-state index in [1.54, 1.807) is 0 Å². The molecular weight excluding hydrogens is 605 g/mol. The molecule has 2 heteroatoms. The van der Waals surface area contributed by atoms with Gasteiger partial charge in [-0.3, -0.25) is 0 Å². The fourth-order valence-corrected chi connectivity index (χ4v) is 7.85. The van der Waals surface area contributed by atoms with Gasteiger partial charge in [-0.15, -0.1) is 0 Å². The molecule has 0 bridgehead atoms. The van der Waals surface area contributed by atoms with Crippen molar-refractivity contribution in [2.75, 3.05) is 4.90 Å². The number of nitrogens with zero attached hydrogens (tertiary/aromatic N) is 2. The van der Waals surface area contributed by atoms with Crippen LogP contribution in [-0.2, 0) is 0 Å². The Morgan fingerprint density at radius 2 is 0.920 bits per heavy atom. The molecule has 50 heavy (non-hydrogen) atoms. The molecule has 0 N–H and O–H groups in total. The largest absolute Gasteiger partial charge is 0.310 e. The van der Waals surface area contributed by atoms with Gasteiger partial charge in [0.2, 0.25) is 0 Å². The number of anilines is 3. The minimum atomic E-state index is 1.11. The normalized spacial score (nSPS) is 11.6. The van der Waals surface area contributed by atoms with E-state index in [0.29, 0.717) is 0 Å². The Balaban J connectivity index is 1.18. The molecule has 0 aliphatic carbocycles. The van der Waals surface area contributed by atoms with E-state index in [9.17, 15) is 0 Å². The Hall–Kier alpha value is -6.64. The van der Waals surface area contributed by atoms with E-state index >= 15 is 0 Å². The van der Waals surface area contributed by atoms with Gasteiger partial charge in [0.05, 0.1) is 16.7 Å². The third-order valence-corrected chi connectivity index (χ3v) is 10.1. The zero-order valence-electron chi connectivity index (χ0n) is 27.4. The molecule has 10 rings (SSSR count). The van der Waals surface area contributed by atoms with Gasteiger partial charge in [0.15, 0.2) is 0 Å². The fourth-order valence-electron chi connectivity index (χ4n) is 7.85. The number of benzene rings is 9. The number of fused-ring (bicyclic) bond motifs is 8. The van der Waals surface area contributed by atoms with Crippen LogP contribution in [0.15, 0.2) is 194 Å². The van der Waals surface area contributed by atoms with E-state index in [2.05, 4.69) is 204 Å². The number of hydrogen-bond donors (Lipinski definition) is 0. The highest BCUT2D eigenvalue weighted by Crippen LogP contribution is 2.45. The molecule has 1 heterocycles. The smallest absolute Gasteiger partial charge is 0.0568 e. The van der Waals surface area contributed by atoms with E-state index in [1.807, 2.05) is 0 Å². The molecular formula is C48H32N2. The first kappa shape index (κ1) is 28.4. The lowest BCUT2D eigenvalue weighted by Crippen LogP contribution is -2.10. The first-order valence-corrected chi connectivity index (χ1v) is 17.2. The summed E-state index contributed by atoms with van der Waals surface area (Å²) in [5.74, 6) is 0. The van der Waals surface area contributed by atoms with Crippen molar-refractivity contribution in [3.63, 3.8) is 0 Å². The van der Waals surface area contributed by atoms with E-state index in [-0.39, 0.29) is 0 Å². The molecule has 2 nitrogen and oxygen atoms in total. The predicted octanol–water partition coefficient (Wildman–Crippen LogP) is 13.4. The summed E-state index contributed by atoms with van der Waals surface area (Å²) >= 11 is 0. The van der Waals surface area contributed by atoms with Gasteiger partial charge in [0.1, 0.15) is 0 Å². The summed E-state index contributed by atoms with van der Waals surface area (Å²) in [4.78, 5) is 2.41. The second-order valence-corrected chi connectivity index (χ2v) is 13.0. The van der Waals surface area contributed by atoms with Crippen LogP contribution < -0.4 is 4.90 Å². The predicted molar refractivity (Wildman–Crippen MR) is 213 cm³/mol. The number of para-hydroxylation sites is 3. The maximum Gasteiger partial charge on any atom is 0.0568 e. The summed E-state index contributed by atoms with van der Waals surface area (Å²) in [5, 5.41) is 10.1. The SMILES string of the molecule is c1ccc(N(c2ccc(-c3ccc4c(ccc5ccccc54)c3)cc2)c2cc3c(c4ccccc24)c2ccccc2n3-c2ccccc2)cc1. The average molecular weight is 637 g/mol. The fraction of sp³-hybridized carbons (Fsp3) is 0. The molecule has 0 saturated carbocycles. The van der Waals surface area contributed by atoms with Gasteiger partial charge >= 0.3 is 0 Å². The molecule has 0 fully saturated rings. The van der Waals surface area contributed by atoms with Crippen molar-refractivity contribution < 1.29 is 0 Å². The summed E-state index contributed by atoms with van der Waals surface area (Å²) < 4.78 is 2.41. The van der Waals surface area contributed by atoms with E-state index in [0.717, 1.165) is 22.7 Å². The average Bonchev–Trinajstić information content (AvgIpc) is 3.53. The monoisotopic (exact) mass is 636 g/mol. The van der Waals surface area contributed by atoms with Gasteiger partial charge in [0.25, 0.3) is 0 Å². The van der Waals surface area contributed by atoms with Crippen LogP contribution in [0.3, 0.4) is 0 Å². The van der Waals surface area contributed by atoms with Crippen molar-refractivity contribution in [3.05, 3.63) is 194 Å². The van der Waals surface area contributed by atoms with Crippen LogP contribution in [-0.4, -0.2) is 4.57 Å². The second kappa shape index (κ2) is 11.5. The summed E-state index contributed by atoms with van der Waals surface area (Å²) in [6, 6.07) is 70.4. The van der Waals surface area contributed by atoms with Gasteiger partial charge in [-0.1, -0.05) is 140 Å². The van der Waals surface area contributed by atoms with Crippen LogP contribution in [0.25, 0.3) is 70.9 Å². The molecule has 9 aromatic carbocycles. The van der Waals surface area contributed by atoms with Crippen molar-refractivity contribution in [1.82, 2.24) is 4.57 Å². The quantitative estimate of drug-likeness (QED) is 0.171. The molecule has 0 aliphatic rings. The minimum absolute atomic E-state index is 1.11. The van der Waals surface area contributed by atoms with Crippen molar-refractivity contribution in [1.29, 1.82) is 0 Å². The molecule has 0 saturated heterocycles. The lowest BCUT2D eigenvalue weighted by molar-refractivity contribution is 1.18. The highest BCUT2D eigenvalue weighted by molar-refractivity contribution is 6.24. The molecule has 1 aromatic heterocycles. The molecule has 0 amide bonds. The number of hydrogen-bond acceptors (Lipinski definition) is 1. The van der Waals surface area contributed by atoms with Crippen LogP contribution in [0.2, 0.25) is 0 Å². The number of rotatable bonds is 5. The standard InChI is InChI=1S/C48H32N2/c1-3-14-37(15-4-1)49(39-28-25-33(26-29-39)35-27-30-41-36(31-35)24-23-34-13-7-8-18-40(34)41)46-32-47-48(43-20-10-9-19-42(43)46)44-21-11-12-22-45(44)50(47)38-16-5-2-6-17-38/h1-32H. The summed E-state index contributed by atoms with van der Waals surface area (Å²) in [6.45, 7) is 0. The summed E-state index contributed by atoms with van der Waals surface area (Å²) in [6.07, 6.45) is 0. The Labute approximate surface area is 290 Å². The Kier molecular flexibility index (Phi) is 6.53. The van der Waals surface area contributed by atoms with Gasteiger partial charge in [0, 0.05) is 33.2 Å². The highest BCUT2D eigenvalue weighted by atomic mass is 15.1. The van der Waals surface area contributed by atoms with Crippen LogP contribution >= 0.6 is 0 Å². The zero-order valence-corrected chi connectivity index (χ0v) is 27.4. The Morgan fingerprint density at radius 1 is 0.340 bits per heavy atom. The highest BCUT2D eigenvalue weighted by Gasteiger charge is 2.21. The van der Waals surface area contributed by atoms with Crippen molar-refractivity contribution >= 4 is 71.2 Å². The zero-order chi connectivity index (χ0) is 33.0. The molecule has 0 atom stereocenters. The van der Waals surface area contributed by atoms with Gasteiger partial charge in [-0.25, -0.2) is 0 Å². The lowest BCUT2D eigenvalue weighted by atomic mass is 9.97. The minimum Gasteiger partial charge on any atom is -0.310 e. The lowest BCUT2D eigenvalue weighted by Gasteiger charge is -2.27. The topological polar surface area (TPSA) is 8.17 Å². The van der Waals surface area contributed by atoms with Crippen LogP contribution in [0.5, 0.6) is 0 Å². The molecule has 10 aromatic rings. The van der Waals surface area contributed by atoms with Gasteiger partial charge in [-0.05, 0) is 92.7 Å². The van der Waals surface area contributed by atoms with E-state index < -0.39 is 0 Å². The molecule has 234 valence electrons. The van der Waals surface area contributed by atoms with Crippen LogP contribution in [0, 0.1) is 0 Å². The first-order valence-electron chi connectivity index (χ1n) is 17.2. The third kappa shape index (κ3) is 4.50. The summed E-state index contributed by atoms with van der Waals surface area (Å²) in [5.41, 5.74) is 9.32. The van der Waals surface area contributed by atoms with E-state index in [4.69, 9.17) is 0 Å². The maximum atomic E-state index is 2.41. The van der Waals surface area contributed by atoms with Crippen LogP contribution in [0.4, 0.5) is 17.1 Å². The maximum absolute atomic E-state index is 2.41. The van der Waals surface area contributed by atoms with Crippen LogP contribution in [0.1, 0.15) is 0 Å². The van der Waals surface area contributed by atoms with E-state index in [1.165, 1.54) is 65.3 Å².